The molecule has 0 heterocycles. The molecule has 0 saturated carbocycles. The molecule has 0 aliphatic heterocycles. The number of rotatable bonds is 2. The number of carbonyl (C=O) groups excluding carboxylic acids is 1. The van der Waals surface area contributed by atoms with Crippen LogP contribution in [0.15, 0.2) is 5.16 Å². The summed E-state index contributed by atoms with van der Waals surface area (Å²) in [6.45, 7) is 3.12. The zero-order chi connectivity index (χ0) is 10.5. The van der Waals surface area contributed by atoms with Gasteiger partial charge in [-0.15, -0.1) is 0 Å². The van der Waals surface area contributed by atoms with E-state index in [0.717, 1.165) is 0 Å². The van der Waals surface area contributed by atoms with Crippen molar-refractivity contribution in [3.8, 4) is 0 Å². The first-order chi connectivity index (χ1) is 5.88. The van der Waals surface area contributed by atoms with Crippen LogP contribution in [0, 0.1) is 0 Å². The van der Waals surface area contributed by atoms with Crippen LogP contribution in [0.25, 0.3) is 0 Å². The molecule has 0 aromatic heterocycles. The Kier molecular flexibility index (Phi) is 4.22. The maximum Gasteiger partial charge on any atom is 0.493 e. The number of nitrogens with zero attached hydrogens (tertiary/aromatic N) is 1. The van der Waals surface area contributed by atoms with Crippen LogP contribution in [0.1, 0.15) is 13.8 Å². The predicted molar refractivity (Wildman–Crippen MR) is 36.9 cm³/mol. The molecule has 0 N–H and O–H groups in total. The minimum atomic E-state index is -5.03. The van der Waals surface area contributed by atoms with Crippen LogP contribution in [0.4, 0.5) is 13.2 Å². The summed E-state index contributed by atoms with van der Waals surface area (Å²) in [5.74, 6) is -2.51. The lowest BCUT2D eigenvalue weighted by Gasteiger charge is -2.02. The van der Waals surface area contributed by atoms with Crippen LogP contribution in [0.5, 0.6) is 0 Å². The molecule has 0 aliphatic rings. The Morgan fingerprint density at radius 1 is 1.46 bits per heavy atom. The molecule has 0 fully saturated rings. The Labute approximate surface area is 72.3 Å². The first-order valence-electron chi connectivity index (χ1n) is 3.33. The van der Waals surface area contributed by atoms with Gasteiger partial charge in [-0.3, -0.25) is 0 Å². The minimum Gasteiger partial charge on any atom is -0.479 e. The average molecular weight is 199 g/mol. The molecule has 13 heavy (non-hydrogen) atoms. The molecule has 7 heteroatoms. The van der Waals surface area contributed by atoms with Gasteiger partial charge in [0.25, 0.3) is 0 Å². The van der Waals surface area contributed by atoms with E-state index < -0.39 is 12.1 Å². The smallest absolute Gasteiger partial charge is 0.479 e. The van der Waals surface area contributed by atoms with Crippen LogP contribution in [-0.4, -0.2) is 24.7 Å². The van der Waals surface area contributed by atoms with Crippen LogP contribution in [0.3, 0.4) is 0 Å². The summed E-state index contributed by atoms with van der Waals surface area (Å²) in [4.78, 5) is 13.6. The first kappa shape index (κ1) is 11.7. The third kappa shape index (κ3) is 5.05. The summed E-state index contributed by atoms with van der Waals surface area (Å²) < 4.78 is 39.1. The molecule has 0 aromatic carbocycles. The standard InChI is InChI=1S/C6H8F3NO3/c1-3-12-4(2)10-13-5(11)6(7,8)9/h3H2,1-2H3/b10-4+. The third-order valence-electron chi connectivity index (χ3n) is 0.842. The number of halogens is 3. The van der Waals surface area contributed by atoms with Gasteiger partial charge in [0.2, 0.25) is 5.90 Å². The molecule has 0 saturated heterocycles. The fourth-order valence-electron chi connectivity index (χ4n) is 0.393. The predicted octanol–water partition coefficient (Wildman–Crippen LogP) is 1.46. The lowest BCUT2D eigenvalue weighted by molar-refractivity contribution is -0.199. The van der Waals surface area contributed by atoms with E-state index in [1.165, 1.54) is 6.92 Å². The van der Waals surface area contributed by atoms with E-state index in [0.29, 0.717) is 0 Å². The highest BCUT2D eigenvalue weighted by atomic mass is 19.4. The van der Waals surface area contributed by atoms with Crippen LogP contribution >= 0.6 is 0 Å². The number of alkyl halides is 3. The largest absolute Gasteiger partial charge is 0.493 e. The zero-order valence-electron chi connectivity index (χ0n) is 7.01. The zero-order valence-corrected chi connectivity index (χ0v) is 7.01. The fraction of sp³-hybridized carbons (Fsp3) is 0.667. The van der Waals surface area contributed by atoms with E-state index in [1.54, 1.807) is 6.92 Å². The molecule has 0 aromatic rings. The fourth-order valence-corrected chi connectivity index (χ4v) is 0.393. The summed E-state index contributed by atoms with van der Waals surface area (Å²) in [5.41, 5.74) is 0. The van der Waals surface area contributed by atoms with Crippen molar-refractivity contribution in [2.45, 2.75) is 20.0 Å². The van der Waals surface area contributed by atoms with Crippen molar-refractivity contribution in [2.24, 2.45) is 5.16 Å². The molecule has 0 amide bonds. The van der Waals surface area contributed by atoms with E-state index in [4.69, 9.17) is 0 Å². The quantitative estimate of drug-likeness (QED) is 0.293. The number of hydrogen-bond acceptors (Lipinski definition) is 4. The average Bonchev–Trinajstić information content (AvgIpc) is 1.99. The van der Waals surface area contributed by atoms with Crippen molar-refractivity contribution in [2.75, 3.05) is 6.61 Å². The molecule has 0 spiro atoms. The Morgan fingerprint density at radius 2 is 2.00 bits per heavy atom. The summed E-state index contributed by atoms with van der Waals surface area (Å²) in [5, 5.41) is 2.81. The number of carbonyl (C=O) groups is 1. The summed E-state index contributed by atoms with van der Waals surface area (Å²) in [6.07, 6.45) is -5.03. The summed E-state index contributed by atoms with van der Waals surface area (Å²) in [6, 6.07) is 0. The van der Waals surface area contributed by atoms with Crippen molar-refractivity contribution < 1.29 is 27.5 Å². The van der Waals surface area contributed by atoms with Gasteiger partial charge in [0.05, 0.1) is 6.61 Å². The Morgan fingerprint density at radius 3 is 2.38 bits per heavy atom. The highest BCUT2D eigenvalue weighted by Crippen LogP contribution is 2.16. The lowest BCUT2D eigenvalue weighted by atomic mass is 10.7. The molecular formula is C6H8F3NO3. The van der Waals surface area contributed by atoms with E-state index in [1.807, 2.05) is 0 Å². The molecule has 0 radical (unpaired) electrons. The molecule has 76 valence electrons. The maximum atomic E-state index is 11.5. The highest BCUT2D eigenvalue weighted by molar-refractivity contribution is 5.78. The third-order valence-corrected chi connectivity index (χ3v) is 0.842. The van der Waals surface area contributed by atoms with Gasteiger partial charge < -0.3 is 9.57 Å². The van der Waals surface area contributed by atoms with Gasteiger partial charge in [0.1, 0.15) is 0 Å². The normalized spacial score (nSPS) is 12.5. The second-order valence-electron chi connectivity index (χ2n) is 1.92. The Balaban J connectivity index is 4.02. The van der Waals surface area contributed by atoms with Crippen molar-refractivity contribution >= 4 is 11.9 Å². The van der Waals surface area contributed by atoms with Gasteiger partial charge in [-0.1, -0.05) is 0 Å². The minimum absolute atomic E-state index is 0.139. The molecule has 4 nitrogen and oxygen atoms in total. The first-order valence-corrected chi connectivity index (χ1v) is 3.33. The molecular weight excluding hydrogens is 191 g/mol. The van der Waals surface area contributed by atoms with Gasteiger partial charge in [-0.25, -0.2) is 4.79 Å². The molecule has 0 unspecified atom stereocenters. The Bertz CT molecular complexity index is 212. The van der Waals surface area contributed by atoms with Gasteiger partial charge in [0.15, 0.2) is 0 Å². The van der Waals surface area contributed by atoms with Gasteiger partial charge in [-0.05, 0) is 12.1 Å². The van der Waals surface area contributed by atoms with E-state index in [-0.39, 0.29) is 12.5 Å². The molecule has 0 aliphatic carbocycles. The van der Waals surface area contributed by atoms with Crippen molar-refractivity contribution in [3.05, 3.63) is 0 Å². The van der Waals surface area contributed by atoms with E-state index in [2.05, 4.69) is 14.7 Å². The molecule has 0 atom stereocenters. The van der Waals surface area contributed by atoms with Gasteiger partial charge >= 0.3 is 12.1 Å². The summed E-state index contributed by atoms with van der Waals surface area (Å²) in [7, 11) is 0. The van der Waals surface area contributed by atoms with Gasteiger partial charge in [0, 0.05) is 6.92 Å². The highest BCUT2D eigenvalue weighted by Gasteiger charge is 2.41. The van der Waals surface area contributed by atoms with E-state index in [9.17, 15) is 18.0 Å². The van der Waals surface area contributed by atoms with E-state index >= 15 is 0 Å². The maximum absolute atomic E-state index is 11.5. The van der Waals surface area contributed by atoms with Gasteiger partial charge in [-0.2, -0.15) is 13.2 Å². The van der Waals surface area contributed by atoms with Crippen molar-refractivity contribution in [1.29, 1.82) is 0 Å². The van der Waals surface area contributed by atoms with Crippen LogP contribution in [0.2, 0.25) is 0 Å². The topological polar surface area (TPSA) is 47.9 Å². The summed E-state index contributed by atoms with van der Waals surface area (Å²) >= 11 is 0. The van der Waals surface area contributed by atoms with Crippen LogP contribution < -0.4 is 0 Å². The second-order valence-corrected chi connectivity index (χ2v) is 1.92. The number of oxime groups is 1. The Hall–Kier alpha value is -1.27. The van der Waals surface area contributed by atoms with Crippen molar-refractivity contribution in [3.63, 3.8) is 0 Å². The lowest BCUT2D eigenvalue weighted by Crippen LogP contribution is -2.24. The monoisotopic (exact) mass is 199 g/mol. The number of ether oxygens (including phenoxy) is 1. The van der Waals surface area contributed by atoms with Crippen LogP contribution in [-0.2, 0) is 14.4 Å². The second kappa shape index (κ2) is 4.68. The van der Waals surface area contributed by atoms with Crippen molar-refractivity contribution in [1.82, 2.24) is 0 Å². The SMILES string of the molecule is CCO/C(C)=N/OC(=O)C(F)(F)F. The molecule has 0 bridgehead atoms. The molecule has 0 rings (SSSR count). The number of hydrogen-bond donors (Lipinski definition) is 0.